The number of amides is 1. The molecule has 1 saturated heterocycles. The van der Waals surface area contributed by atoms with Gasteiger partial charge in [-0.15, -0.1) is 0 Å². The average molecular weight is 354 g/mol. The Bertz CT molecular complexity index is 799. The first-order valence-corrected chi connectivity index (χ1v) is 9.20. The Morgan fingerprint density at radius 1 is 1.00 bits per heavy atom. The quantitative estimate of drug-likeness (QED) is 0.837. The third kappa shape index (κ3) is 2.90. The van der Waals surface area contributed by atoms with Gasteiger partial charge in [-0.05, 0) is 27.3 Å². The van der Waals surface area contributed by atoms with E-state index in [0.717, 1.165) is 19.6 Å². The summed E-state index contributed by atoms with van der Waals surface area (Å²) in [7, 11) is 0. The van der Waals surface area contributed by atoms with E-state index >= 15 is 0 Å². The van der Waals surface area contributed by atoms with E-state index < -0.39 is 5.41 Å². The summed E-state index contributed by atoms with van der Waals surface area (Å²) in [6.07, 6.45) is 0. The minimum absolute atomic E-state index is 0.0804. The van der Waals surface area contributed by atoms with E-state index in [1.165, 1.54) is 0 Å². The molecule has 0 saturated carbocycles. The lowest BCUT2D eigenvalue weighted by molar-refractivity contribution is -0.140. The molecule has 26 heavy (non-hydrogen) atoms. The largest absolute Gasteiger partial charge is 0.339 e. The summed E-state index contributed by atoms with van der Waals surface area (Å²) in [5.74, 6) is -0.446. The molecule has 1 aliphatic heterocycles. The topological polar surface area (TPSA) is 57.7 Å². The standard InChI is InChI=1S/C21H26N2O3/c1-5-22-10-12-23(13-11-22)20(26)21(3,4)17-14(2)18(24)15-8-6-7-9-16(15)19(17)25/h6-9H,5,10-13H2,1-4H3. The summed E-state index contributed by atoms with van der Waals surface area (Å²) in [6.45, 7) is 11.3. The summed E-state index contributed by atoms with van der Waals surface area (Å²) in [5.41, 5.74) is 0.523. The van der Waals surface area contributed by atoms with Crippen LogP contribution in [0.3, 0.4) is 0 Å². The number of rotatable bonds is 3. The molecule has 0 radical (unpaired) electrons. The molecule has 0 bridgehead atoms. The van der Waals surface area contributed by atoms with E-state index in [0.29, 0.717) is 35.4 Å². The number of Topliss-reactive ketones (excluding diaryl/α,β-unsaturated/α-hetero) is 2. The second-order valence-corrected chi connectivity index (χ2v) is 7.56. The molecule has 1 heterocycles. The van der Waals surface area contributed by atoms with Crippen LogP contribution in [0.5, 0.6) is 0 Å². The minimum atomic E-state index is -1.03. The Morgan fingerprint density at radius 2 is 1.54 bits per heavy atom. The first-order chi connectivity index (χ1) is 12.3. The Morgan fingerprint density at radius 3 is 2.08 bits per heavy atom. The number of fused-ring (bicyclic) bond motifs is 1. The van der Waals surface area contributed by atoms with Gasteiger partial charge < -0.3 is 9.80 Å². The minimum Gasteiger partial charge on any atom is -0.339 e. The lowest BCUT2D eigenvalue weighted by atomic mass is 9.71. The normalized spacial score (nSPS) is 19.0. The highest BCUT2D eigenvalue weighted by atomic mass is 16.2. The number of likely N-dealkylation sites (N-methyl/N-ethyl adjacent to an activating group) is 1. The van der Waals surface area contributed by atoms with Crippen molar-refractivity contribution in [1.29, 1.82) is 0 Å². The van der Waals surface area contributed by atoms with Crippen molar-refractivity contribution in [3.63, 3.8) is 0 Å². The highest BCUT2D eigenvalue weighted by Gasteiger charge is 2.44. The van der Waals surface area contributed by atoms with Gasteiger partial charge in [0.25, 0.3) is 0 Å². The molecular formula is C21H26N2O3. The zero-order valence-electron chi connectivity index (χ0n) is 16.0. The number of carbonyl (C=O) groups excluding carboxylic acids is 3. The predicted molar refractivity (Wildman–Crippen MR) is 100 cm³/mol. The second kappa shape index (κ2) is 6.80. The number of carbonyl (C=O) groups is 3. The van der Waals surface area contributed by atoms with Crippen molar-refractivity contribution < 1.29 is 14.4 Å². The van der Waals surface area contributed by atoms with Crippen molar-refractivity contribution in [3.8, 4) is 0 Å². The molecule has 3 rings (SSSR count). The van der Waals surface area contributed by atoms with Gasteiger partial charge in [-0.25, -0.2) is 0 Å². The Hall–Kier alpha value is -2.27. The molecule has 1 aromatic rings. The van der Waals surface area contributed by atoms with Gasteiger partial charge in [0.05, 0.1) is 5.41 Å². The van der Waals surface area contributed by atoms with E-state index in [2.05, 4.69) is 11.8 Å². The number of benzene rings is 1. The van der Waals surface area contributed by atoms with Crippen LogP contribution in [0, 0.1) is 5.41 Å². The summed E-state index contributed by atoms with van der Waals surface area (Å²) in [6, 6.07) is 6.85. The summed E-state index contributed by atoms with van der Waals surface area (Å²) >= 11 is 0. The number of hydrogen-bond donors (Lipinski definition) is 0. The lowest BCUT2D eigenvalue weighted by Gasteiger charge is -2.39. The average Bonchev–Trinajstić information content (AvgIpc) is 2.65. The molecule has 5 heteroatoms. The third-order valence-corrected chi connectivity index (χ3v) is 5.63. The molecule has 0 aromatic heterocycles. The van der Waals surface area contributed by atoms with Crippen molar-refractivity contribution in [2.24, 2.45) is 5.41 Å². The van der Waals surface area contributed by atoms with E-state index in [1.807, 2.05) is 4.90 Å². The first kappa shape index (κ1) is 18.5. The van der Waals surface area contributed by atoms with E-state index in [4.69, 9.17) is 0 Å². The molecule has 1 aromatic carbocycles. The number of nitrogens with zero attached hydrogens (tertiary/aromatic N) is 2. The lowest BCUT2D eigenvalue weighted by Crippen LogP contribution is -2.53. The molecule has 0 unspecified atom stereocenters. The fourth-order valence-electron chi connectivity index (χ4n) is 4.02. The SMILES string of the molecule is CCN1CCN(C(=O)C(C)(C)C2=C(C)C(=O)c3ccccc3C2=O)CC1. The predicted octanol–water partition coefficient (Wildman–Crippen LogP) is 2.57. The number of ketones is 2. The van der Waals surface area contributed by atoms with Crippen LogP contribution in [-0.2, 0) is 4.79 Å². The van der Waals surface area contributed by atoms with Crippen molar-refractivity contribution in [2.75, 3.05) is 32.7 Å². The van der Waals surface area contributed by atoms with Crippen LogP contribution in [0.2, 0.25) is 0 Å². The molecule has 1 amide bonds. The monoisotopic (exact) mass is 354 g/mol. The maximum Gasteiger partial charge on any atom is 0.232 e. The highest BCUT2D eigenvalue weighted by molar-refractivity contribution is 6.28. The molecule has 2 aliphatic rings. The molecule has 1 aliphatic carbocycles. The van der Waals surface area contributed by atoms with Crippen molar-refractivity contribution in [2.45, 2.75) is 27.7 Å². The number of hydrogen-bond acceptors (Lipinski definition) is 4. The summed E-state index contributed by atoms with van der Waals surface area (Å²) < 4.78 is 0. The molecule has 5 nitrogen and oxygen atoms in total. The first-order valence-electron chi connectivity index (χ1n) is 9.20. The molecule has 0 atom stereocenters. The van der Waals surface area contributed by atoms with Crippen LogP contribution >= 0.6 is 0 Å². The third-order valence-electron chi connectivity index (χ3n) is 5.63. The Labute approximate surface area is 154 Å². The van der Waals surface area contributed by atoms with Crippen LogP contribution < -0.4 is 0 Å². The summed E-state index contributed by atoms with van der Waals surface area (Å²) in [5, 5.41) is 0. The maximum atomic E-state index is 13.2. The van der Waals surface area contributed by atoms with E-state index in [-0.39, 0.29) is 17.5 Å². The molecule has 1 fully saturated rings. The van der Waals surface area contributed by atoms with Gasteiger partial charge in [-0.2, -0.15) is 0 Å². The molecule has 0 N–H and O–H groups in total. The van der Waals surface area contributed by atoms with E-state index in [1.54, 1.807) is 45.0 Å². The fraction of sp³-hybridized carbons (Fsp3) is 0.476. The van der Waals surface area contributed by atoms with Gasteiger partial charge in [-0.3, -0.25) is 14.4 Å². The van der Waals surface area contributed by atoms with Crippen LogP contribution in [0.15, 0.2) is 35.4 Å². The highest BCUT2D eigenvalue weighted by Crippen LogP contribution is 2.38. The van der Waals surface area contributed by atoms with Gasteiger partial charge >= 0.3 is 0 Å². The van der Waals surface area contributed by atoms with Crippen molar-refractivity contribution in [3.05, 3.63) is 46.5 Å². The second-order valence-electron chi connectivity index (χ2n) is 7.56. The van der Waals surface area contributed by atoms with Gasteiger partial charge in [-0.1, -0.05) is 31.2 Å². The number of allylic oxidation sites excluding steroid dienone is 1. The van der Waals surface area contributed by atoms with Gasteiger partial charge in [0.2, 0.25) is 5.91 Å². The fourth-order valence-corrected chi connectivity index (χ4v) is 4.02. The molecule has 0 spiro atoms. The van der Waals surface area contributed by atoms with E-state index in [9.17, 15) is 14.4 Å². The smallest absolute Gasteiger partial charge is 0.232 e. The van der Waals surface area contributed by atoms with Gasteiger partial charge in [0, 0.05) is 48.5 Å². The zero-order chi connectivity index (χ0) is 19.1. The summed E-state index contributed by atoms with van der Waals surface area (Å²) in [4.78, 5) is 43.2. The Kier molecular flexibility index (Phi) is 4.84. The Balaban J connectivity index is 1.94. The van der Waals surface area contributed by atoms with Crippen molar-refractivity contribution >= 4 is 17.5 Å². The van der Waals surface area contributed by atoms with Gasteiger partial charge in [0.15, 0.2) is 11.6 Å². The molecule has 138 valence electrons. The molecular weight excluding hydrogens is 328 g/mol. The van der Waals surface area contributed by atoms with Crippen LogP contribution in [0.25, 0.3) is 0 Å². The van der Waals surface area contributed by atoms with Crippen LogP contribution in [0.4, 0.5) is 0 Å². The van der Waals surface area contributed by atoms with Crippen LogP contribution in [-0.4, -0.2) is 60.0 Å². The van der Waals surface area contributed by atoms with Gasteiger partial charge in [0.1, 0.15) is 0 Å². The zero-order valence-corrected chi connectivity index (χ0v) is 16.0. The van der Waals surface area contributed by atoms with Crippen LogP contribution in [0.1, 0.15) is 48.4 Å². The maximum absolute atomic E-state index is 13.2. The number of piperazine rings is 1. The van der Waals surface area contributed by atoms with Crippen molar-refractivity contribution in [1.82, 2.24) is 9.80 Å².